The summed E-state index contributed by atoms with van der Waals surface area (Å²) in [5.74, 6) is 2.80. The van der Waals surface area contributed by atoms with Gasteiger partial charge in [0.2, 0.25) is 5.91 Å². The lowest BCUT2D eigenvalue weighted by Crippen LogP contribution is -2.49. The predicted octanol–water partition coefficient (Wildman–Crippen LogP) is 2.76. The number of nitrogens with zero attached hydrogens (tertiary/aromatic N) is 2. The lowest BCUT2D eigenvalue weighted by molar-refractivity contribution is -0.117. The van der Waals surface area contributed by atoms with E-state index in [1.165, 1.54) is 0 Å². The number of benzene rings is 1. The Morgan fingerprint density at radius 2 is 2.24 bits per heavy atom. The average molecular weight is 361 g/mol. The maximum absolute atomic E-state index is 12.2. The molecule has 6 heteroatoms. The van der Waals surface area contributed by atoms with Gasteiger partial charge < -0.3 is 15.5 Å². The molecule has 3 rings (SSSR count). The van der Waals surface area contributed by atoms with Crippen molar-refractivity contribution in [2.45, 2.75) is 31.4 Å². The van der Waals surface area contributed by atoms with Gasteiger partial charge >= 0.3 is 0 Å². The molecule has 1 saturated heterocycles. The first-order valence-electron chi connectivity index (χ1n) is 9.07. The summed E-state index contributed by atoms with van der Waals surface area (Å²) in [6.45, 7) is 7.38. The minimum Gasteiger partial charge on any atom is -0.356 e. The number of hydrogen-bond donors (Lipinski definition) is 2. The van der Waals surface area contributed by atoms with Crippen LogP contribution in [0.4, 0.5) is 5.69 Å². The summed E-state index contributed by atoms with van der Waals surface area (Å²) in [5, 5.41) is 7.09. The van der Waals surface area contributed by atoms with Gasteiger partial charge in [0.1, 0.15) is 0 Å². The van der Waals surface area contributed by atoms with Crippen molar-refractivity contribution in [1.29, 1.82) is 0 Å². The van der Waals surface area contributed by atoms with Gasteiger partial charge in [-0.2, -0.15) is 11.8 Å². The fraction of sp³-hybridized carbons (Fsp3) is 0.579. The highest BCUT2D eigenvalue weighted by Gasteiger charge is 2.30. The number of thioether (sulfide) groups is 1. The number of carbonyl (C=O) groups is 1. The van der Waals surface area contributed by atoms with Crippen molar-refractivity contribution >= 4 is 29.3 Å². The standard InChI is InChI=1S/C19H28N4OS/c1-13(2)17-12-23(10-11-25-17)19(20-3)21-9-8-15-14-6-4-5-7-16(14)22-18(15)24/h4-7,13,15,17H,8-12H2,1-3H3,(H,20,21)(H,22,24). The zero-order chi connectivity index (χ0) is 17.8. The molecule has 2 heterocycles. The van der Waals surface area contributed by atoms with Gasteiger partial charge in [-0.05, 0) is 24.0 Å². The second-order valence-corrected chi connectivity index (χ2v) is 8.34. The van der Waals surface area contributed by atoms with Gasteiger partial charge in [0.05, 0.1) is 5.92 Å². The number of anilines is 1. The van der Waals surface area contributed by atoms with Crippen LogP contribution in [0, 0.1) is 5.92 Å². The minimum atomic E-state index is -0.0675. The number of fused-ring (bicyclic) bond motifs is 1. The van der Waals surface area contributed by atoms with Gasteiger partial charge in [0.25, 0.3) is 0 Å². The number of nitrogens with one attached hydrogen (secondary N) is 2. The zero-order valence-corrected chi connectivity index (χ0v) is 16.1. The Bertz CT molecular complexity index is 646. The highest BCUT2D eigenvalue weighted by molar-refractivity contribution is 8.00. The average Bonchev–Trinajstić information content (AvgIpc) is 2.94. The van der Waals surface area contributed by atoms with Crippen molar-refractivity contribution in [2.24, 2.45) is 10.9 Å². The van der Waals surface area contributed by atoms with Crippen molar-refractivity contribution in [3.05, 3.63) is 29.8 Å². The second-order valence-electron chi connectivity index (χ2n) is 6.99. The molecule has 25 heavy (non-hydrogen) atoms. The van der Waals surface area contributed by atoms with Crippen molar-refractivity contribution in [3.8, 4) is 0 Å². The van der Waals surface area contributed by atoms with Crippen LogP contribution in [0.5, 0.6) is 0 Å². The Kier molecular flexibility index (Phi) is 5.89. The number of rotatable bonds is 4. The van der Waals surface area contributed by atoms with E-state index in [9.17, 15) is 4.79 Å². The van der Waals surface area contributed by atoms with Crippen LogP contribution in [0.25, 0.3) is 0 Å². The highest BCUT2D eigenvalue weighted by atomic mass is 32.2. The molecule has 0 spiro atoms. The smallest absolute Gasteiger partial charge is 0.232 e. The molecular formula is C19H28N4OS. The van der Waals surface area contributed by atoms with Crippen LogP contribution in [0.15, 0.2) is 29.3 Å². The minimum absolute atomic E-state index is 0.0675. The molecule has 0 radical (unpaired) electrons. The quantitative estimate of drug-likeness (QED) is 0.640. The van der Waals surface area contributed by atoms with Crippen LogP contribution in [-0.2, 0) is 4.79 Å². The molecular weight excluding hydrogens is 332 g/mol. The number of guanidine groups is 1. The Labute approximate surface area is 154 Å². The summed E-state index contributed by atoms with van der Waals surface area (Å²) in [7, 11) is 1.84. The van der Waals surface area contributed by atoms with Crippen LogP contribution < -0.4 is 10.6 Å². The first-order valence-corrected chi connectivity index (χ1v) is 10.1. The second kappa shape index (κ2) is 8.13. The molecule has 0 aromatic heterocycles. The fourth-order valence-corrected chi connectivity index (χ4v) is 4.79. The van der Waals surface area contributed by atoms with Crippen molar-refractivity contribution < 1.29 is 4.79 Å². The lowest BCUT2D eigenvalue weighted by Gasteiger charge is -2.36. The summed E-state index contributed by atoms with van der Waals surface area (Å²) in [6.07, 6.45) is 0.776. The van der Waals surface area contributed by atoms with Crippen molar-refractivity contribution in [2.75, 3.05) is 37.8 Å². The Hall–Kier alpha value is -1.69. The first-order chi connectivity index (χ1) is 12.1. The number of para-hydroxylation sites is 1. The molecule has 1 aromatic rings. The summed E-state index contributed by atoms with van der Waals surface area (Å²) in [6, 6.07) is 7.97. The molecule has 1 fully saturated rings. The molecule has 5 nitrogen and oxygen atoms in total. The van der Waals surface area contributed by atoms with E-state index in [1.54, 1.807) is 0 Å². The SMILES string of the molecule is CN=C(NCCC1C(=O)Nc2ccccc21)N1CCSC(C(C)C)C1. The molecule has 0 bridgehead atoms. The summed E-state index contributed by atoms with van der Waals surface area (Å²) in [5.41, 5.74) is 2.06. The largest absolute Gasteiger partial charge is 0.356 e. The van der Waals surface area contributed by atoms with Gasteiger partial charge in [0.15, 0.2) is 5.96 Å². The van der Waals surface area contributed by atoms with E-state index in [1.807, 2.05) is 31.3 Å². The molecule has 1 amide bonds. The number of amides is 1. The van der Waals surface area contributed by atoms with Crippen LogP contribution in [0.1, 0.15) is 31.7 Å². The van der Waals surface area contributed by atoms with Crippen LogP contribution >= 0.6 is 11.8 Å². The van der Waals surface area contributed by atoms with E-state index in [2.05, 4.69) is 46.1 Å². The van der Waals surface area contributed by atoms with Crippen LogP contribution in [0.3, 0.4) is 0 Å². The molecule has 0 aliphatic carbocycles. The maximum atomic E-state index is 12.2. The van der Waals surface area contributed by atoms with E-state index in [-0.39, 0.29) is 11.8 Å². The highest BCUT2D eigenvalue weighted by Crippen LogP contribution is 2.34. The topological polar surface area (TPSA) is 56.7 Å². The maximum Gasteiger partial charge on any atom is 0.232 e. The van der Waals surface area contributed by atoms with E-state index < -0.39 is 0 Å². The molecule has 2 aliphatic rings. The Morgan fingerprint density at radius 3 is 3.00 bits per heavy atom. The summed E-state index contributed by atoms with van der Waals surface area (Å²) < 4.78 is 0. The van der Waals surface area contributed by atoms with Gasteiger partial charge in [-0.1, -0.05) is 32.0 Å². The lowest BCUT2D eigenvalue weighted by atomic mass is 9.97. The Balaban J connectivity index is 1.55. The number of hydrogen-bond acceptors (Lipinski definition) is 3. The summed E-state index contributed by atoms with van der Waals surface area (Å²) >= 11 is 2.06. The molecule has 2 atom stereocenters. The molecule has 2 aliphatic heterocycles. The molecule has 136 valence electrons. The Morgan fingerprint density at radius 1 is 1.44 bits per heavy atom. The zero-order valence-electron chi connectivity index (χ0n) is 15.3. The predicted molar refractivity (Wildman–Crippen MR) is 106 cm³/mol. The van der Waals surface area contributed by atoms with E-state index in [4.69, 9.17) is 0 Å². The van der Waals surface area contributed by atoms with Crippen LogP contribution in [0.2, 0.25) is 0 Å². The van der Waals surface area contributed by atoms with Gasteiger partial charge in [-0.25, -0.2) is 0 Å². The molecule has 2 unspecified atom stereocenters. The summed E-state index contributed by atoms with van der Waals surface area (Å²) in [4.78, 5) is 19.0. The van der Waals surface area contributed by atoms with Gasteiger partial charge in [0, 0.05) is 43.4 Å². The third kappa shape index (κ3) is 4.11. The van der Waals surface area contributed by atoms with Crippen molar-refractivity contribution in [1.82, 2.24) is 10.2 Å². The van der Waals surface area contributed by atoms with Crippen LogP contribution in [-0.4, -0.2) is 54.5 Å². The molecule has 1 aromatic carbocycles. The first kappa shape index (κ1) is 18.1. The van der Waals surface area contributed by atoms with E-state index >= 15 is 0 Å². The van der Waals surface area contributed by atoms with Gasteiger partial charge in [-0.15, -0.1) is 0 Å². The number of carbonyl (C=O) groups excluding carboxylic acids is 1. The van der Waals surface area contributed by atoms with E-state index in [0.717, 1.165) is 49.0 Å². The molecule has 0 saturated carbocycles. The third-order valence-corrected chi connectivity index (χ3v) is 6.51. The normalized spacial score (nSPS) is 23.6. The van der Waals surface area contributed by atoms with Gasteiger partial charge in [-0.3, -0.25) is 9.79 Å². The van der Waals surface area contributed by atoms with Crippen molar-refractivity contribution in [3.63, 3.8) is 0 Å². The fourth-order valence-electron chi connectivity index (χ4n) is 3.49. The number of aliphatic imine (C=N–C) groups is 1. The monoisotopic (exact) mass is 360 g/mol. The third-order valence-electron chi connectivity index (χ3n) is 4.98. The van der Waals surface area contributed by atoms with E-state index in [0.29, 0.717) is 11.2 Å². The molecule has 2 N–H and O–H groups in total.